The molecule has 1 aromatic carbocycles. The van der Waals surface area contributed by atoms with Gasteiger partial charge in [0, 0.05) is 16.6 Å². The Morgan fingerprint density at radius 3 is 2.57 bits per heavy atom. The van der Waals surface area contributed by atoms with E-state index in [-0.39, 0.29) is 19.1 Å². The van der Waals surface area contributed by atoms with Crippen LogP contribution in [0.1, 0.15) is 23.7 Å². The highest BCUT2D eigenvalue weighted by Gasteiger charge is 2.39. The van der Waals surface area contributed by atoms with Crippen molar-refractivity contribution >= 4 is 27.8 Å². The number of aliphatic carboxylic acids is 1. The van der Waals surface area contributed by atoms with Crippen molar-refractivity contribution in [2.24, 2.45) is 5.92 Å². The largest absolute Gasteiger partial charge is 0.481 e. The van der Waals surface area contributed by atoms with E-state index < -0.39 is 17.9 Å². The zero-order valence-electron chi connectivity index (χ0n) is 11.8. The summed E-state index contributed by atoms with van der Waals surface area (Å²) in [5.74, 6) is -1.72. The van der Waals surface area contributed by atoms with E-state index in [2.05, 4.69) is 15.9 Å². The number of carboxylic acid groups (broad SMARTS) is 1. The molecule has 1 heterocycles. The van der Waals surface area contributed by atoms with Crippen molar-refractivity contribution in [3.63, 3.8) is 0 Å². The zero-order chi connectivity index (χ0) is 15.4. The van der Waals surface area contributed by atoms with Crippen LogP contribution >= 0.6 is 15.9 Å². The molecule has 6 heteroatoms. The lowest BCUT2D eigenvalue weighted by Gasteiger charge is -2.30. The summed E-state index contributed by atoms with van der Waals surface area (Å²) in [6.45, 7) is 2.92. The normalized spacial score (nSPS) is 21.2. The third-order valence-corrected chi connectivity index (χ3v) is 4.11. The SMILES string of the molecule is CCCN(C(=O)c1ccc(Br)cc1)C1COCC1C(=O)O. The second-order valence-corrected chi connectivity index (χ2v) is 5.97. The molecule has 1 saturated heterocycles. The van der Waals surface area contributed by atoms with Gasteiger partial charge in [0.1, 0.15) is 5.92 Å². The Kier molecular flexibility index (Phi) is 5.36. The predicted molar refractivity (Wildman–Crippen MR) is 81.2 cm³/mol. The highest BCUT2D eigenvalue weighted by Crippen LogP contribution is 2.23. The summed E-state index contributed by atoms with van der Waals surface area (Å²) in [5.41, 5.74) is 0.558. The summed E-state index contributed by atoms with van der Waals surface area (Å²) in [6, 6.07) is 6.67. The number of rotatable bonds is 5. The molecular formula is C15H18BrNO4. The van der Waals surface area contributed by atoms with Gasteiger partial charge >= 0.3 is 5.97 Å². The summed E-state index contributed by atoms with van der Waals surface area (Å²) >= 11 is 3.33. The summed E-state index contributed by atoms with van der Waals surface area (Å²) < 4.78 is 6.18. The minimum atomic E-state index is -0.915. The number of benzene rings is 1. The molecule has 1 aliphatic rings. The quantitative estimate of drug-likeness (QED) is 0.880. The molecule has 0 spiro atoms. The smallest absolute Gasteiger partial charge is 0.311 e. The van der Waals surface area contributed by atoms with E-state index in [9.17, 15) is 14.7 Å². The van der Waals surface area contributed by atoms with E-state index in [1.807, 2.05) is 6.92 Å². The van der Waals surface area contributed by atoms with E-state index in [1.54, 1.807) is 29.2 Å². The topological polar surface area (TPSA) is 66.8 Å². The molecule has 0 saturated carbocycles. The Balaban J connectivity index is 2.23. The molecule has 21 heavy (non-hydrogen) atoms. The lowest BCUT2D eigenvalue weighted by atomic mass is 10.0. The van der Waals surface area contributed by atoms with Crippen molar-refractivity contribution in [2.75, 3.05) is 19.8 Å². The number of carboxylic acids is 1. The van der Waals surface area contributed by atoms with Crippen LogP contribution < -0.4 is 0 Å². The Labute approximate surface area is 132 Å². The molecule has 0 radical (unpaired) electrons. The first kappa shape index (κ1) is 16.0. The molecule has 2 unspecified atom stereocenters. The maximum absolute atomic E-state index is 12.7. The second kappa shape index (κ2) is 7.04. The average molecular weight is 356 g/mol. The monoisotopic (exact) mass is 355 g/mol. The summed E-state index contributed by atoms with van der Waals surface area (Å²) in [4.78, 5) is 25.6. The number of amides is 1. The first-order valence-electron chi connectivity index (χ1n) is 6.91. The van der Waals surface area contributed by atoms with Gasteiger partial charge in [-0.1, -0.05) is 22.9 Å². The molecular weight excluding hydrogens is 338 g/mol. The number of hydrogen-bond acceptors (Lipinski definition) is 3. The van der Waals surface area contributed by atoms with Crippen LogP contribution in [0.4, 0.5) is 0 Å². The number of ether oxygens (including phenoxy) is 1. The minimum Gasteiger partial charge on any atom is -0.481 e. The Morgan fingerprint density at radius 2 is 2.00 bits per heavy atom. The number of halogens is 1. The molecule has 0 aromatic heterocycles. The summed E-state index contributed by atoms with van der Waals surface area (Å²) in [6.07, 6.45) is 0.769. The van der Waals surface area contributed by atoms with E-state index in [0.717, 1.165) is 10.9 Å². The molecule has 2 atom stereocenters. The van der Waals surface area contributed by atoms with Gasteiger partial charge in [-0.25, -0.2) is 0 Å². The molecule has 114 valence electrons. The molecule has 1 aliphatic heterocycles. The Hall–Kier alpha value is -1.40. The predicted octanol–water partition coefficient (Wildman–Crippen LogP) is 2.40. The van der Waals surface area contributed by atoms with Gasteiger partial charge in [-0.3, -0.25) is 9.59 Å². The molecule has 1 aromatic rings. The summed E-state index contributed by atoms with van der Waals surface area (Å²) in [7, 11) is 0. The molecule has 1 fully saturated rings. The van der Waals surface area contributed by atoms with Crippen LogP contribution in [0.25, 0.3) is 0 Å². The zero-order valence-corrected chi connectivity index (χ0v) is 13.4. The van der Waals surface area contributed by atoms with Crippen molar-refractivity contribution in [2.45, 2.75) is 19.4 Å². The average Bonchev–Trinajstić information content (AvgIpc) is 2.94. The van der Waals surface area contributed by atoms with Crippen LogP contribution in [0.2, 0.25) is 0 Å². The highest BCUT2D eigenvalue weighted by atomic mass is 79.9. The van der Waals surface area contributed by atoms with Crippen molar-refractivity contribution in [1.82, 2.24) is 4.90 Å². The van der Waals surface area contributed by atoms with Gasteiger partial charge in [0.05, 0.1) is 19.3 Å². The lowest BCUT2D eigenvalue weighted by Crippen LogP contribution is -2.47. The fourth-order valence-electron chi connectivity index (χ4n) is 2.50. The molecule has 5 nitrogen and oxygen atoms in total. The number of hydrogen-bond donors (Lipinski definition) is 1. The first-order chi connectivity index (χ1) is 10.0. The van der Waals surface area contributed by atoms with Crippen molar-refractivity contribution in [1.29, 1.82) is 0 Å². The van der Waals surface area contributed by atoms with Crippen molar-refractivity contribution in [3.8, 4) is 0 Å². The number of carbonyl (C=O) groups excluding carboxylic acids is 1. The van der Waals surface area contributed by atoms with Gasteiger partial charge in [-0.15, -0.1) is 0 Å². The summed E-state index contributed by atoms with van der Waals surface area (Å²) in [5, 5.41) is 9.27. The van der Waals surface area contributed by atoms with E-state index in [0.29, 0.717) is 12.1 Å². The molecule has 2 rings (SSSR count). The van der Waals surface area contributed by atoms with Crippen LogP contribution in [-0.2, 0) is 9.53 Å². The third-order valence-electron chi connectivity index (χ3n) is 3.58. The van der Waals surface area contributed by atoms with Crippen LogP contribution in [0, 0.1) is 5.92 Å². The van der Waals surface area contributed by atoms with Crippen molar-refractivity contribution in [3.05, 3.63) is 34.3 Å². The fourth-order valence-corrected chi connectivity index (χ4v) is 2.77. The maximum Gasteiger partial charge on any atom is 0.311 e. The second-order valence-electron chi connectivity index (χ2n) is 5.05. The van der Waals surface area contributed by atoms with E-state index in [1.165, 1.54) is 0 Å². The highest BCUT2D eigenvalue weighted by molar-refractivity contribution is 9.10. The van der Waals surface area contributed by atoms with Crippen molar-refractivity contribution < 1.29 is 19.4 Å². The number of carbonyl (C=O) groups is 2. The van der Waals surface area contributed by atoms with E-state index in [4.69, 9.17) is 4.74 Å². The van der Waals surface area contributed by atoms with Gasteiger partial charge in [0.25, 0.3) is 5.91 Å². The third kappa shape index (κ3) is 3.63. The van der Waals surface area contributed by atoms with Gasteiger partial charge in [0.15, 0.2) is 0 Å². The van der Waals surface area contributed by atoms with Crippen LogP contribution in [0.5, 0.6) is 0 Å². The van der Waals surface area contributed by atoms with E-state index >= 15 is 0 Å². The Morgan fingerprint density at radius 1 is 1.33 bits per heavy atom. The maximum atomic E-state index is 12.7. The van der Waals surface area contributed by atoms with Gasteiger partial charge in [-0.2, -0.15) is 0 Å². The van der Waals surface area contributed by atoms with Gasteiger partial charge in [0.2, 0.25) is 0 Å². The lowest BCUT2D eigenvalue weighted by molar-refractivity contribution is -0.142. The van der Waals surface area contributed by atoms with Gasteiger partial charge < -0.3 is 14.7 Å². The van der Waals surface area contributed by atoms with Crippen LogP contribution in [-0.4, -0.2) is 47.7 Å². The molecule has 0 bridgehead atoms. The Bertz CT molecular complexity index is 517. The standard InChI is InChI=1S/C15H18BrNO4/c1-2-7-17(13-9-21-8-12(13)15(19)20)14(18)10-3-5-11(16)6-4-10/h3-6,12-13H,2,7-9H2,1H3,(H,19,20). The number of nitrogens with zero attached hydrogens (tertiary/aromatic N) is 1. The fraction of sp³-hybridized carbons (Fsp3) is 0.467. The first-order valence-corrected chi connectivity index (χ1v) is 7.71. The molecule has 1 amide bonds. The minimum absolute atomic E-state index is 0.147. The van der Waals surface area contributed by atoms with Crippen LogP contribution in [0.15, 0.2) is 28.7 Å². The van der Waals surface area contributed by atoms with Crippen LogP contribution in [0.3, 0.4) is 0 Å². The molecule has 0 aliphatic carbocycles. The molecule has 1 N–H and O–H groups in total. The van der Waals surface area contributed by atoms with Gasteiger partial charge in [-0.05, 0) is 30.7 Å².